The Morgan fingerprint density at radius 1 is 1.26 bits per heavy atom. The Balaban J connectivity index is 2.63. The van der Waals surface area contributed by atoms with Crippen LogP contribution in [0.1, 0.15) is 30.5 Å². The second-order valence-corrected chi connectivity index (χ2v) is 5.95. The number of nitrogens with zero attached hydrogens (tertiary/aromatic N) is 1. The van der Waals surface area contributed by atoms with Gasteiger partial charge in [0.25, 0.3) is 0 Å². The quantitative estimate of drug-likeness (QED) is 0.837. The summed E-state index contributed by atoms with van der Waals surface area (Å²) in [6, 6.07) is 6.63. The molecule has 0 aromatic heterocycles. The summed E-state index contributed by atoms with van der Waals surface area (Å²) in [7, 11) is 1.68. The van der Waals surface area contributed by atoms with Crippen LogP contribution >= 0.6 is 0 Å². The normalized spacial score (nSPS) is 17.5. The Kier molecular flexibility index (Phi) is 3.32. The van der Waals surface area contributed by atoms with E-state index < -0.39 is 5.41 Å². The van der Waals surface area contributed by atoms with Crippen molar-refractivity contribution < 1.29 is 9.47 Å². The second kappa shape index (κ2) is 4.54. The molecule has 0 spiro atoms. The fourth-order valence-electron chi connectivity index (χ4n) is 2.60. The zero-order valence-electron chi connectivity index (χ0n) is 12.3. The van der Waals surface area contributed by atoms with E-state index in [0.29, 0.717) is 13.2 Å². The minimum absolute atomic E-state index is 0.272. The average Bonchev–Trinajstić information content (AvgIpc) is 2.31. The molecule has 3 heteroatoms. The van der Waals surface area contributed by atoms with Gasteiger partial charge >= 0.3 is 0 Å². The summed E-state index contributed by atoms with van der Waals surface area (Å²) in [4.78, 5) is 0. The molecule has 0 radical (unpaired) electrons. The first-order chi connectivity index (χ1) is 8.88. The number of hydrogen-bond acceptors (Lipinski definition) is 3. The predicted molar refractivity (Wildman–Crippen MR) is 74.4 cm³/mol. The monoisotopic (exact) mass is 259 g/mol. The summed E-state index contributed by atoms with van der Waals surface area (Å²) in [5.41, 5.74) is 2.75. The van der Waals surface area contributed by atoms with E-state index in [2.05, 4.69) is 32.0 Å². The first-order valence-corrected chi connectivity index (χ1v) is 6.53. The van der Waals surface area contributed by atoms with E-state index in [0.717, 1.165) is 11.3 Å². The molecule has 0 saturated carbocycles. The van der Waals surface area contributed by atoms with Crippen molar-refractivity contribution in [1.82, 2.24) is 0 Å². The van der Waals surface area contributed by atoms with Crippen LogP contribution in [0.15, 0.2) is 12.1 Å². The SMILES string of the molecule is COc1cc(C)c(C)cc1C1(C(C)(C)C#N)COC1. The molecule has 0 N–H and O–H groups in total. The molecule has 0 atom stereocenters. The number of ether oxygens (including phenoxy) is 2. The van der Waals surface area contributed by atoms with Crippen molar-refractivity contribution in [3.05, 3.63) is 28.8 Å². The van der Waals surface area contributed by atoms with E-state index >= 15 is 0 Å². The number of benzene rings is 1. The minimum atomic E-state index is -0.486. The van der Waals surface area contributed by atoms with Crippen molar-refractivity contribution in [2.45, 2.75) is 33.1 Å². The van der Waals surface area contributed by atoms with Crippen LogP contribution in [-0.2, 0) is 10.2 Å². The molecule has 3 nitrogen and oxygen atoms in total. The number of methoxy groups -OCH3 is 1. The number of aryl methyl sites for hydroxylation is 2. The third-order valence-corrected chi connectivity index (χ3v) is 4.50. The smallest absolute Gasteiger partial charge is 0.123 e. The number of nitriles is 1. The van der Waals surface area contributed by atoms with Crippen LogP contribution in [-0.4, -0.2) is 20.3 Å². The van der Waals surface area contributed by atoms with E-state index in [1.54, 1.807) is 7.11 Å². The van der Waals surface area contributed by atoms with Crippen LogP contribution in [0.3, 0.4) is 0 Å². The van der Waals surface area contributed by atoms with Crippen LogP contribution in [0, 0.1) is 30.6 Å². The van der Waals surface area contributed by atoms with Crippen molar-refractivity contribution in [3.63, 3.8) is 0 Å². The average molecular weight is 259 g/mol. The van der Waals surface area contributed by atoms with Gasteiger partial charge in [-0.05, 0) is 44.9 Å². The molecule has 0 amide bonds. The standard InChI is InChI=1S/C16H21NO2/c1-11-6-13(14(18-5)7-12(11)2)16(9-19-10-16)15(3,4)8-17/h6-7H,9-10H2,1-5H3. The van der Waals surface area contributed by atoms with E-state index in [9.17, 15) is 5.26 Å². The Labute approximate surface area is 115 Å². The largest absolute Gasteiger partial charge is 0.496 e. The lowest BCUT2D eigenvalue weighted by Crippen LogP contribution is -2.56. The summed E-state index contributed by atoms with van der Waals surface area (Å²) in [6.07, 6.45) is 0. The molecule has 0 bridgehead atoms. The van der Waals surface area contributed by atoms with Gasteiger partial charge in [0.05, 0.1) is 37.2 Å². The van der Waals surface area contributed by atoms with Gasteiger partial charge < -0.3 is 9.47 Å². The van der Waals surface area contributed by atoms with Gasteiger partial charge in [0.15, 0.2) is 0 Å². The summed E-state index contributed by atoms with van der Waals surface area (Å²) in [5, 5.41) is 9.50. The molecule has 1 saturated heterocycles. The van der Waals surface area contributed by atoms with E-state index in [1.165, 1.54) is 11.1 Å². The molecule has 1 aromatic carbocycles. The highest BCUT2D eigenvalue weighted by Gasteiger charge is 2.54. The Hall–Kier alpha value is -1.53. The Morgan fingerprint density at radius 3 is 2.26 bits per heavy atom. The van der Waals surface area contributed by atoms with Gasteiger partial charge in [-0.3, -0.25) is 0 Å². The van der Waals surface area contributed by atoms with Gasteiger partial charge in [-0.25, -0.2) is 0 Å². The molecular formula is C16H21NO2. The van der Waals surface area contributed by atoms with Crippen molar-refractivity contribution in [1.29, 1.82) is 5.26 Å². The minimum Gasteiger partial charge on any atom is -0.496 e. The molecular weight excluding hydrogens is 238 g/mol. The molecule has 0 aliphatic carbocycles. The molecule has 0 unspecified atom stereocenters. The zero-order valence-corrected chi connectivity index (χ0v) is 12.3. The second-order valence-electron chi connectivity index (χ2n) is 5.95. The zero-order chi connectivity index (χ0) is 14.3. The topological polar surface area (TPSA) is 42.2 Å². The van der Waals surface area contributed by atoms with Gasteiger partial charge in [0.2, 0.25) is 0 Å². The van der Waals surface area contributed by atoms with E-state index in [4.69, 9.17) is 9.47 Å². The van der Waals surface area contributed by atoms with Gasteiger partial charge in [-0.2, -0.15) is 5.26 Å². The fourth-order valence-corrected chi connectivity index (χ4v) is 2.60. The van der Waals surface area contributed by atoms with Gasteiger partial charge in [0.1, 0.15) is 5.75 Å². The lowest BCUT2D eigenvalue weighted by molar-refractivity contribution is -0.103. The Morgan fingerprint density at radius 2 is 1.84 bits per heavy atom. The molecule has 1 aliphatic rings. The maximum absolute atomic E-state index is 9.50. The molecule has 1 aliphatic heterocycles. The first kappa shape index (κ1) is 13.9. The van der Waals surface area contributed by atoms with Gasteiger partial charge in [-0.15, -0.1) is 0 Å². The van der Waals surface area contributed by atoms with Crippen molar-refractivity contribution in [2.24, 2.45) is 5.41 Å². The third kappa shape index (κ3) is 1.91. The highest BCUT2D eigenvalue weighted by atomic mass is 16.5. The third-order valence-electron chi connectivity index (χ3n) is 4.50. The summed E-state index contributed by atoms with van der Waals surface area (Å²) >= 11 is 0. The first-order valence-electron chi connectivity index (χ1n) is 6.53. The lowest BCUT2D eigenvalue weighted by atomic mass is 9.60. The van der Waals surface area contributed by atoms with Crippen LogP contribution in [0.4, 0.5) is 0 Å². The maximum Gasteiger partial charge on any atom is 0.123 e. The summed E-state index contributed by atoms with van der Waals surface area (Å²) < 4.78 is 11.0. The molecule has 1 fully saturated rings. The molecule has 1 heterocycles. The molecule has 2 rings (SSSR count). The molecule has 102 valence electrons. The number of rotatable bonds is 3. The van der Waals surface area contributed by atoms with Crippen LogP contribution < -0.4 is 4.74 Å². The predicted octanol–water partition coefficient (Wildman–Crippen LogP) is 3.13. The Bertz CT molecular complexity index is 536. The van der Waals surface area contributed by atoms with Crippen molar-refractivity contribution >= 4 is 0 Å². The highest BCUT2D eigenvalue weighted by molar-refractivity contribution is 5.49. The lowest BCUT2D eigenvalue weighted by Gasteiger charge is -2.49. The van der Waals surface area contributed by atoms with Gasteiger partial charge in [-0.1, -0.05) is 6.07 Å². The van der Waals surface area contributed by atoms with Crippen molar-refractivity contribution in [3.8, 4) is 11.8 Å². The van der Waals surface area contributed by atoms with Crippen LogP contribution in [0.25, 0.3) is 0 Å². The van der Waals surface area contributed by atoms with Gasteiger partial charge in [0, 0.05) is 5.56 Å². The van der Waals surface area contributed by atoms with Crippen molar-refractivity contribution in [2.75, 3.05) is 20.3 Å². The highest BCUT2D eigenvalue weighted by Crippen LogP contribution is 2.50. The molecule has 1 aromatic rings. The van der Waals surface area contributed by atoms with Crippen LogP contribution in [0.2, 0.25) is 0 Å². The maximum atomic E-state index is 9.50. The summed E-state index contributed by atoms with van der Waals surface area (Å²) in [6.45, 7) is 9.26. The molecule has 19 heavy (non-hydrogen) atoms. The van der Waals surface area contributed by atoms with E-state index in [-0.39, 0.29) is 5.41 Å². The number of hydrogen-bond donors (Lipinski definition) is 0. The summed E-state index contributed by atoms with van der Waals surface area (Å²) in [5.74, 6) is 0.856. The van der Waals surface area contributed by atoms with E-state index in [1.807, 2.05) is 13.8 Å². The van der Waals surface area contributed by atoms with Crippen LogP contribution in [0.5, 0.6) is 5.75 Å². The fraction of sp³-hybridized carbons (Fsp3) is 0.562.